The largest absolute Gasteiger partial charge is 0.495 e. The van der Waals surface area contributed by atoms with Gasteiger partial charge in [-0.1, -0.05) is 6.07 Å². The summed E-state index contributed by atoms with van der Waals surface area (Å²) in [7, 11) is 1.54. The number of nitrogens with zero attached hydrogens (tertiary/aromatic N) is 1. The molecular weight excluding hydrogens is 316 g/mol. The number of ether oxygens (including phenoxy) is 1. The Kier molecular flexibility index (Phi) is 4.21. The number of nitrogens with one attached hydrogen (secondary N) is 1. The van der Waals surface area contributed by atoms with Crippen LogP contribution in [0.2, 0.25) is 0 Å². The number of rotatable bonds is 4. The smallest absolute Gasteiger partial charge is 0.239 e. The van der Waals surface area contributed by atoms with Crippen LogP contribution in [-0.4, -0.2) is 23.9 Å². The Labute approximate surface area is 138 Å². The Hall–Kier alpha value is -2.53. The first-order valence-corrected chi connectivity index (χ1v) is 7.55. The van der Waals surface area contributed by atoms with E-state index < -0.39 is 0 Å². The molecular formula is C17H15ClN2O3. The zero-order valence-corrected chi connectivity index (χ0v) is 13.5. The van der Waals surface area contributed by atoms with Gasteiger partial charge < -0.3 is 14.5 Å². The van der Waals surface area contributed by atoms with Crippen LogP contribution in [0.5, 0.6) is 5.75 Å². The Bertz CT molecular complexity index is 873. The zero-order chi connectivity index (χ0) is 16.4. The summed E-state index contributed by atoms with van der Waals surface area (Å²) < 4.78 is 11.0. The molecule has 5 nitrogen and oxygen atoms in total. The highest BCUT2D eigenvalue weighted by molar-refractivity contribution is 6.29. The minimum Gasteiger partial charge on any atom is -0.495 e. The molecule has 23 heavy (non-hydrogen) atoms. The first-order chi connectivity index (χ1) is 11.1. The summed E-state index contributed by atoms with van der Waals surface area (Å²) in [6, 6.07) is 11.1. The molecule has 0 atom stereocenters. The third-order valence-electron chi connectivity index (χ3n) is 3.38. The number of hydrogen-bond donors (Lipinski definition) is 1. The lowest BCUT2D eigenvalue weighted by molar-refractivity contribution is -0.113. The van der Waals surface area contributed by atoms with Crippen molar-refractivity contribution in [1.29, 1.82) is 0 Å². The van der Waals surface area contributed by atoms with Gasteiger partial charge in [0.1, 0.15) is 17.1 Å². The molecule has 3 aromatic rings. The molecule has 118 valence electrons. The average molecular weight is 331 g/mol. The van der Waals surface area contributed by atoms with Crippen LogP contribution in [0, 0.1) is 6.92 Å². The van der Waals surface area contributed by atoms with Crippen molar-refractivity contribution < 1.29 is 13.9 Å². The Morgan fingerprint density at radius 1 is 1.30 bits per heavy atom. The molecule has 0 spiro atoms. The summed E-state index contributed by atoms with van der Waals surface area (Å²) in [5.41, 5.74) is 3.88. The minimum absolute atomic E-state index is 0.129. The fourth-order valence-electron chi connectivity index (χ4n) is 2.28. The van der Waals surface area contributed by atoms with Crippen LogP contribution in [0.25, 0.3) is 22.6 Å². The maximum Gasteiger partial charge on any atom is 0.239 e. The second-order valence-corrected chi connectivity index (χ2v) is 5.35. The number of fused-ring (bicyclic) bond motifs is 1. The number of hydrogen-bond acceptors (Lipinski definition) is 4. The van der Waals surface area contributed by atoms with Crippen LogP contribution >= 0.6 is 11.6 Å². The number of alkyl halides is 1. The highest BCUT2D eigenvalue weighted by Gasteiger charge is 2.13. The van der Waals surface area contributed by atoms with E-state index in [0.717, 1.165) is 16.6 Å². The maximum atomic E-state index is 11.5. The molecule has 1 N–H and O–H groups in total. The van der Waals surface area contributed by atoms with Gasteiger partial charge >= 0.3 is 0 Å². The van der Waals surface area contributed by atoms with Gasteiger partial charge in [-0.25, -0.2) is 4.98 Å². The molecule has 0 aliphatic carbocycles. The first kappa shape index (κ1) is 15.4. The molecule has 1 heterocycles. The molecule has 0 aliphatic heterocycles. The zero-order valence-electron chi connectivity index (χ0n) is 12.7. The highest BCUT2D eigenvalue weighted by Crippen LogP contribution is 2.32. The van der Waals surface area contributed by atoms with Crippen molar-refractivity contribution in [3.05, 3.63) is 42.0 Å². The molecule has 0 unspecified atom stereocenters. The molecule has 0 aliphatic rings. The summed E-state index contributed by atoms with van der Waals surface area (Å²) >= 11 is 5.54. The Morgan fingerprint density at radius 2 is 2.13 bits per heavy atom. The number of carbonyl (C=O) groups excluding carboxylic acids is 1. The fourth-order valence-corrected chi connectivity index (χ4v) is 2.35. The summed E-state index contributed by atoms with van der Waals surface area (Å²) in [6.07, 6.45) is 0. The van der Waals surface area contributed by atoms with Crippen LogP contribution in [0.4, 0.5) is 5.69 Å². The van der Waals surface area contributed by atoms with Gasteiger partial charge in [-0.2, -0.15) is 0 Å². The summed E-state index contributed by atoms with van der Waals surface area (Å²) in [4.78, 5) is 16.0. The average Bonchev–Trinajstić information content (AvgIpc) is 2.97. The quantitative estimate of drug-likeness (QED) is 0.735. The number of aromatic nitrogens is 1. The molecule has 3 rings (SSSR count). The van der Waals surface area contributed by atoms with Crippen molar-refractivity contribution in [2.24, 2.45) is 0 Å². The van der Waals surface area contributed by atoms with Crippen LogP contribution in [0.1, 0.15) is 5.56 Å². The number of aryl methyl sites for hydroxylation is 1. The van der Waals surface area contributed by atoms with Crippen LogP contribution in [0.15, 0.2) is 40.8 Å². The molecule has 0 saturated heterocycles. The number of carbonyl (C=O) groups is 1. The van der Waals surface area contributed by atoms with Crippen molar-refractivity contribution >= 4 is 34.3 Å². The highest BCUT2D eigenvalue weighted by atomic mass is 35.5. The third-order valence-corrected chi connectivity index (χ3v) is 3.63. The van der Waals surface area contributed by atoms with Gasteiger partial charge in [0.2, 0.25) is 11.8 Å². The van der Waals surface area contributed by atoms with E-state index in [2.05, 4.69) is 10.3 Å². The van der Waals surface area contributed by atoms with Crippen LogP contribution in [-0.2, 0) is 4.79 Å². The predicted octanol–water partition coefficient (Wildman–Crippen LogP) is 3.99. The van der Waals surface area contributed by atoms with Crippen molar-refractivity contribution in [2.75, 3.05) is 18.3 Å². The number of anilines is 1. The van der Waals surface area contributed by atoms with Crippen molar-refractivity contribution in [1.82, 2.24) is 4.98 Å². The van der Waals surface area contributed by atoms with E-state index >= 15 is 0 Å². The second-order valence-electron chi connectivity index (χ2n) is 5.09. The van der Waals surface area contributed by atoms with Gasteiger partial charge in [-0.05, 0) is 42.8 Å². The van der Waals surface area contributed by atoms with Gasteiger partial charge in [0.25, 0.3) is 0 Å². The Morgan fingerprint density at radius 3 is 2.87 bits per heavy atom. The molecule has 1 amide bonds. The van der Waals surface area contributed by atoms with Gasteiger partial charge in [0.15, 0.2) is 5.58 Å². The van der Waals surface area contributed by atoms with E-state index in [9.17, 15) is 4.79 Å². The lowest BCUT2D eigenvalue weighted by atomic mass is 10.2. The lowest BCUT2D eigenvalue weighted by Crippen LogP contribution is -2.13. The third kappa shape index (κ3) is 3.14. The van der Waals surface area contributed by atoms with Gasteiger partial charge in [-0.3, -0.25) is 4.79 Å². The molecule has 0 fully saturated rings. The topological polar surface area (TPSA) is 64.4 Å². The fraction of sp³-hybridized carbons (Fsp3) is 0.176. The number of halogens is 1. The van der Waals surface area contributed by atoms with Crippen molar-refractivity contribution in [3.63, 3.8) is 0 Å². The normalized spacial score (nSPS) is 10.7. The molecule has 1 aromatic heterocycles. The predicted molar refractivity (Wildman–Crippen MR) is 90.1 cm³/mol. The van der Waals surface area contributed by atoms with Crippen LogP contribution in [0.3, 0.4) is 0 Å². The van der Waals surface area contributed by atoms with Gasteiger partial charge in [0.05, 0.1) is 12.8 Å². The summed E-state index contributed by atoms with van der Waals surface area (Å²) in [5, 5.41) is 2.70. The standard InChI is InChI=1S/C17H15ClN2O3/c1-10-3-5-15-12(7-10)20-17(23-15)11-4-6-14(22-2)13(8-11)19-16(21)9-18/h3-8H,9H2,1-2H3,(H,19,21). The van der Waals surface area contributed by atoms with E-state index in [1.54, 1.807) is 12.1 Å². The van der Waals surface area contributed by atoms with Crippen LogP contribution < -0.4 is 10.1 Å². The maximum absolute atomic E-state index is 11.5. The minimum atomic E-state index is -0.310. The summed E-state index contributed by atoms with van der Waals surface area (Å²) in [6.45, 7) is 2.00. The molecule has 0 radical (unpaired) electrons. The van der Waals surface area contributed by atoms with E-state index in [-0.39, 0.29) is 11.8 Å². The molecule has 6 heteroatoms. The number of methoxy groups -OCH3 is 1. The number of amides is 1. The van der Waals surface area contributed by atoms with E-state index in [1.807, 2.05) is 31.2 Å². The molecule has 0 bridgehead atoms. The summed E-state index contributed by atoms with van der Waals surface area (Å²) in [5.74, 6) is 0.583. The first-order valence-electron chi connectivity index (χ1n) is 7.02. The monoisotopic (exact) mass is 330 g/mol. The van der Waals surface area contributed by atoms with Gasteiger partial charge in [0, 0.05) is 5.56 Å². The lowest BCUT2D eigenvalue weighted by Gasteiger charge is -2.10. The number of benzene rings is 2. The van der Waals surface area contributed by atoms with Crippen molar-refractivity contribution in [3.8, 4) is 17.2 Å². The SMILES string of the molecule is COc1ccc(-c2nc3cc(C)ccc3o2)cc1NC(=O)CCl. The molecule has 2 aromatic carbocycles. The van der Waals surface area contributed by atoms with E-state index in [4.69, 9.17) is 20.8 Å². The van der Waals surface area contributed by atoms with Gasteiger partial charge in [-0.15, -0.1) is 11.6 Å². The number of oxazole rings is 1. The van der Waals surface area contributed by atoms with E-state index in [1.165, 1.54) is 7.11 Å². The molecule has 0 saturated carbocycles. The van der Waals surface area contributed by atoms with E-state index in [0.29, 0.717) is 22.9 Å². The Balaban J connectivity index is 2.03. The van der Waals surface area contributed by atoms with Crippen molar-refractivity contribution in [2.45, 2.75) is 6.92 Å². The second kappa shape index (κ2) is 6.30.